The van der Waals surface area contributed by atoms with Gasteiger partial charge in [-0.15, -0.1) is 0 Å². The Kier molecular flexibility index (Phi) is 4.34. The van der Waals surface area contributed by atoms with Crippen LogP contribution in [-0.4, -0.2) is 40.4 Å². The zero-order valence-electron chi connectivity index (χ0n) is 15.8. The van der Waals surface area contributed by atoms with Crippen molar-refractivity contribution in [2.75, 3.05) is 6.54 Å². The van der Waals surface area contributed by atoms with E-state index >= 15 is 0 Å². The van der Waals surface area contributed by atoms with Crippen LogP contribution in [0.15, 0.2) is 24.5 Å². The van der Waals surface area contributed by atoms with Gasteiger partial charge < -0.3 is 14.2 Å². The van der Waals surface area contributed by atoms with Crippen LogP contribution in [0.25, 0.3) is 0 Å². The molecule has 0 aromatic carbocycles. The zero-order chi connectivity index (χ0) is 19.1. The number of aliphatic hydroxyl groups is 1. The quantitative estimate of drug-likeness (QED) is 0.751. The van der Waals surface area contributed by atoms with Gasteiger partial charge in [-0.3, -0.25) is 9.58 Å². The fraction of sp³-hybridized carbons (Fsp3) is 0.421. The van der Waals surface area contributed by atoms with E-state index < -0.39 is 6.10 Å². The van der Waals surface area contributed by atoms with Gasteiger partial charge >= 0.3 is 0 Å². The number of fused-ring (bicyclic) bond motifs is 1. The van der Waals surface area contributed by atoms with Crippen LogP contribution in [0, 0.1) is 18.3 Å². The Morgan fingerprint density at radius 1 is 1.30 bits per heavy atom. The van der Waals surface area contributed by atoms with E-state index in [0.29, 0.717) is 17.2 Å². The van der Waals surface area contributed by atoms with Gasteiger partial charge in [0.05, 0.1) is 17.9 Å². The summed E-state index contributed by atoms with van der Waals surface area (Å²) in [6, 6.07) is 6.17. The minimum atomic E-state index is -0.828. The molecule has 1 aliphatic rings. The van der Waals surface area contributed by atoms with Crippen molar-refractivity contribution >= 4 is 0 Å². The first-order valence-electron chi connectivity index (χ1n) is 8.97. The predicted molar refractivity (Wildman–Crippen MR) is 98.5 cm³/mol. The molecule has 8 nitrogen and oxygen atoms in total. The molecule has 0 aliphatic carbocycles. The lowest BCUT2D eigenvalue weighted by Crippen LogP contribution is -2.33. The first kappa shape index (κ1) is 17.5. The number of nitriles is 1. The van der Waals surface area contributed by atoms with E-state index in [1.54, 1.807) is 10.8 Å². The SMILES string of the molecule is Cc1c(CN2CCn3nc(C(O)c4nccn4C)cc3C2)cc(C#N)n1C. The van der Waals surface area contributed by atoms with Gasteiger partial charge in [0.2, 0.25) is 0 Å². The molecule has 0 saturated carbocycles. The fourth-order valence-electron chi connectivity index (χ4n) is 3.65. The smallest absolute Gasteiger partial charge is 0.155 e. The summed E-state index contributed by atoms with van der Waals surface area (Å²) in [4.78, 5) is 6.57. The molecule has 4 rings (SSSR count). The second-order valence-electron chi connectivity index (χ2n) is 7.10. The van der Waals surface area contributed by atoms with E-state index in [1.807, 2.05) is 48.6 Å². The molecule has 4 heterocycles. The molecule has 140 valence electrons. The molecule has 1 aliphatic heterocycles. The number of imidazole rings is 1. The first-order valence-corrected chi connectivity index (χ1v) is 8.97. The molecule has 1 N–H and O–H groups in total. The normalized spacial score (nSPS) is 15.5. The van der Waals surface area contributed by atoms with Crippen molar-refractivity contribution in [3.63, 3.8) is 0 Å². The number of hydrogen-bond donors (Lipinski definition) is 1. The molecule has 0 amide bonds. The number of aliphatic hydroxyl groups excluding tert-OH is 1. The standard InChI is InChI=1S/C19H23N7O/c1-13-14(8-15(10-20)24(13)3)11-25-6-7-26-16(12-25)9-17(22-26)18(27)19-21-4-5-23(19)2/h4-5,8-9,18,27H,6-7,11-12H2,1-3H3. The average Bonchev–Trinajstić information content (AvgIpc) is 3.34. The lowest BCUT2D eigenvalue weighted by atomic mass is 10.2. The molecular formula is C19H23N7O. The molecule has 1 atom stereocenters. The fourth-order valence-corrected chi connectivity index (χ4v) is 3.65. The van der Waals surface area contributed by atoms with Crippen LogP contribution >= 0.6 is 0 Å². The van der Waals surface area contributed by atoms with Crippen molar-refractivity contribution in [2.24, 2.45) is 14.1 Å². The maximum atomic E-state index is 10.6. The molecule has 0 saturated heterocycles. The van der Waals surface area contributed by atoms with Crippen molar-refractivity contribution in [3.05, 3.63) is 58.7 Å². The van der Waals surface area contributed by atoms with E-state index in [1.165, 1.54) is 5.56 Å². The Balaban J connectivity index is 1.52. The topological polar surface area (TPSA) is 87.8 Å². The van der Waals surface area contributed by atoms with Crippen molar-refractivity contribution in [1.82, 2.24) is 28.8 Å². The second kappa shape index (κ2) is 6.68. The molecule has 0 spiro atoms. The van der Waals surface area contributed by atoms with Crippen molar-refractivity contribution in [1.29, 1.82) is 5.26 Å². The van der Waals surface area contributed by atoms with E-state index in [-0.39, 0.29) is 0 Å². The Bertz CT molecular complexity index is 1020. The highest BCUT2D eigenvalue weighted by atomic mass is 16.3. The summed E-state index contributed by atoms with van der Waals surface area (Å²) in [6.07, 6.45) is 2.66. The van der Waals surface area contributed by atoms with Crippen molar-refractivity contribution < 1.29 is 5.11 Å². The van der Waals surface area contributed by atoms with Crippen LogP contribution in [0.5, 0.6) is 0 Å². The Morgan fingerprint density at radius 2 is 2.11 bits per heavy atom. The summed E-state index contributed by atoms with van der Waals surface area (Å²) in [7, 11) is 3.79. The lowest BCUT2D eigenvalue weighted by molar-refractivity contribution is 0.194. The van der Waals surface area contributed by atoms with E-state index in [9.17, 15) is 10.4 Å². The third-order valence-corrected chi connectivity index (χ3v) is 5.43. The third kappa shape index (κ3) is 3.05. The van der Waals surface area contributed by atoms with Crippen LogP contribution < -0.4 is 0 Å². The molecule has 1 unspecified atom stereocenters. The van der Waals surface area contributed by atoms with Crippen molar-refractivity contribution in [2.45, 2.75) is 32.7 Å². The van der Waals surface area contributed by atoms with E-state index in [0.717, 1.165) is 37.6 Å². The van der Waals surface area contributed by atoms with Crippen molar-refractivity contribution in [3.8, 4) is 6.07 Å². The van der Waals surface area contributed by atoms with Gasteiger partial charge in [-0.1, -0.05) is 0 Å². The van der Waals surface area contributed by atoms with Gasteiger partial charge in [-0.2, -0.15) is 10.4 Å². The monoisotopic (exact) mass is 365 g/mol. The van der Waals surface area contributed by atoms with Gasteiger partial charge in [-0.25, -0.2) is 4.98 Å². The average molecular weight is 365 g/mol. The maximum absolute atomic E-state index is 10.6. The number of nitrogens with zero attached hydrogens (tertiary/aromatic N) is 7. The molecule has 0 fully saturated rings. The summed E-state index contributed by atoms with van der Waals surface area (Å²) >= 11 is 0. The largest absolute Gasteiger partial charge is 0.379 e. The van der Waals surface area contributed by atoms with Gasteiger partial charge in [0.1, 0.15) is 17.6 Å². The summed E-state index contributed by atoms with van der Waals surface area (Å²) in [5.74, 6) is 0.589. The summed E-state index contributed by atoms with van der Waals surface area (Å²) in [6.45, 7) is 5.26. The molecule has 0 radical (unpaired) electrons. The van der Waals surface area contributed by atoms with E-state index in [2.05, 4.69) is 21.1 Å². The molecule has 0 bridgehead atoms. The first-order chi connectivity index (χ1) is 13.0. The van der Waals surface area contributed by atoms with Gasteiger partial charge in [0.15, 0.2) is 6.10 Å². The third-order valence-electron chi connectivity index (χ3n) is 5.43. The Labute approximate surface area is 157 Å². The highest BCUT2D eigenvalue weighted by molar-refractivity contribution is 5.34. The second-order valence-corrected chi connectivity index (χ2v) is 7.10. The Morgan fingerprint density at radius 3 is 2.78 bits per heavy atom. The van der Waals surface area contributed by atoms with Crippen LogP contribution in [0.2, 0.25) is 0 Å². The summed E-state index contributed by atoms with van der Waals surface area (Å²) < 4.78 is 5.71. The number of aryl methyl sites for hydroxylation is 1. The highest BCUT2D eigenvalue weighted by Gasteiger charge is 2.24. The molecule has 3 aromatic heterocycles. The molecule has 3 aromatic rings. The maximum Gasteiger partial charge on any atom is 0.155 e. The highest BCUT2D eigenvalue weighted by Crippen LogP contribution is 2.24. The summed E-state index contributed by atoms with van der Waals surface area (Å²) in [5.41, 5.74) is 4.69. The van der Waals surface area contributed by atoms with Crippen LogP contribution in [0.1, 0.15) is 40.3 Å². The zero-order valence-corrected chi connectivity index (χ0v) is 15.8. The molecule has 8 heteroatoms. The minimum absolute atomic E-state index is 0.589. The number of hydrogen-bond acceptors (Lipinski definition) is 5. The lowest BCUT2D eigenvalue weighted by Gasteiger charge is -2.27. The number of aromatic nitrogens is 5. The Hall–Kier alpha value is -2.89. The van der Waals surface area contributed by atoms with Gasteiger partial charge in [-0.05, 0) is 24.6 Å². The minimum Gasteiger partial charge on any atom is -0.379 e. The van der Waals surface area contributed by atoms with Gasteiger partial charge in [0.25, 0.3) is 0 Å². The molecular weight excluding hydrogens is 342 g/mol. The van der Waals surface area contributed by atoms with Crippen LogP contribution in [0.4, 0.5) is 0 Å². The van der Waals surface area contributed by atoms with Gasteiger partial charge in [0, 0.05) is 51.8 Å². The predicted octanol–water partition coefficient (Wildman–Crippen LogP) is 1.23. The molecule has 27 heavy (non-hydrogen) atoms. The van der Waals surface area contributed by atoms with E-state index in [4.69, 9.17) is 0 Å². The van der Waals surface area contributed by atoms with Crippen LogP contribution in [-0.2, 0) is 33.7 Å². The summed E-state index contributed by atoms with van der Waals surface area (Å²) in [5, 5.41) is 24.4. The number of rotatable bonds is 4. The van der Waals surface area contributed by atoms with Crippen LogP contribution in [0.3, 0.4) is 0 Å².